The van der Waals surface area contributed by atoms with Crippen LogP contribution in [0.25, 0.3) is 0 Å². The number of piperidine rings is 1. The molecule has 2 fully saturated rings. The zero-order valence-electron chi connectivity index (χ0n) is 23.6. The second kappa shape index (κ2) is 13.8. The maximum absolute atomic E-state index is 13.6. The summed E-state index contributed by atoms with van der Waals surface area (Å²) in [6, 6.07) is 7.47. The van der Waals surface area contributed by atoms with Gasteiger partial charge in [0.1, 0.15) is 12.8 Å². The Labute approximate surface area is 255 Å². The highest BCUT2D eigenvalue weighted by atomic mass is 35.5. The molecule has 2 aliphatic rings. The molecule has 2 aromatic rings. The first kappa shape index (κ1) is 33.6. The SMILES string of the molecule is NCCC[C@H]1C(=O)C(CCCc2ccc(Cl)cc2)C[C@@H]2N(C(=O)OCc3cc(C(F)(F)F)cc(C(F)(F)F)c3)CCC(=O)N21. The number of carbonyl (C=O) groups is 3. The van der Waals surface area contributed by atoms with E-state index >= 15 is 0 Å². The number of fused-ring (bicyclic) bond motifs is 1. The average molecular weight is 648 g/mol. The predicted molar refractivity (Wildman–Crippen MR) is 148 cm³/mol. The fourth-order valence-corrected chi connectivity index (χ4v) is 5.94. The van der Waals surface area contributed by atoms with E-state index in [1.54, 1.807) is 12.1 Å². The van der Waals surface area contributed by atoms with Crippen LogP contribution in [0.2, 0.25) is 5.02 Å². The van der Waals surface area contributed by atoms with Crippen molar-refractivity contribution in [2.75, 3.05) is 13.1 Å². The van der Waals surface area contributed by atoms with Crippen molar-refractivity contribution in [1.82, 2.24) is 9.80 Å². The molecule has 0 saturated carbocycles. The fourth-order valence-electron chi connectivity index (χ4n) is 5.81. The molecule has 0 aromatic heterocycles. The van der Waals surface area contributed by atoms with Crippen LogP contribution in [0.5, 0.6) is 0 Å². The number of carbonyl (C=O) groups excluding carboxylic acids is 3. The molecule has 0 bridgehead atoms. The molecule has 2 amide bonds. The van der Waals surface area contributed by atoms with Gasteiger partial charge in [-0.15, -0.1) is 0 Å². The van der Waals surface area contributed by atoms with Crippen molar-refractivity contribution >= 4 is 29.4 Å². The van der Waals surface area contributed by atoms with Crippen LogP contribution in [0.3, 0.4) is 0 Å². The third-order valence-corrected chi connectivity index (χ3v) is 8.21. The smallest absolute Gasteiger partial charge is 0.416 e. The summed E-state index contributed by atoms with van der Waals surface area (Å²) in [5.74, 6) is -0.954. The summed E-state index contributed by atoms with van der Waals surface area (Å²) in [5, 5.41) is 0.599. The van der Waals surface area contributed by atoms with E-state index in [0.717, 1.165) is 5.56 Å². The van der Waals surface area contributed by atoms with Gasteiger partial charge in [-0.25, -0.2) is 4.79 Å². The molecule has 7 nitrogen and oxygen atoms in total. The minimum absolute atomic E-state index is 0.00690. The molecule has 44 heavy (non-hydrogen) atoms. The molecular formula is C30H32ClF6N3O4. The van der Waals surface area contributed by atoms with Gasteiger partial charge in [-0.3, -0.25) is 14.5 Å². The number of aryl methyl sites for hydroxylation is 1. The first-order valence-corrected chi connectivity index (χ1v) is 14.6. The molecule has 2 aromatic carbocycles. The highest BCUT2D eigenvalue weighted by Crippen LogP contribution is 2.38. The van der Waals surface area contributed by atoms with Crippen LogP contribution in [-0.4, -0.2) is 52.9 Å². The summed E-state index contributed by atoms with van der Waals surface area (Å²) in [5.41, 5.74) is 3.16. The number of hydrogen-bond donors (Lipinski definition) is 1. The number of rotatable bonds is 9. The summed E-state index contributed by atoms with van der Waals surface area (Å²) in [6.07, 6.45) is -9.44. The van der Waals surface area contributed by atoms with Crippen molar-refractivity contribution in [3.05, 3.63) is 69.7 Å². The van der Waals surface area contributed by atoms with Gasteiger partial charge in [0.25, 0.3) is 0 Å². The molecule has 1 unspecified atom stereocenters. The Hall–Kier alpha value is -3.32. The second-order valence-corrected chi connectivity index (χ2v) is 11.4. The predicted octanol–water partition coefficient (Wildman–Crippen LogP) is 6.59. The minimum atomic E-state index is -5.05. The molecule has 2 aliphatic heterocycles. The standard InChI is InChI=1S/C30H32ClF6N3O4/c31-23-8-6-18(7-9-23)3-1-4-20-15-25-39(12-10-26(41)40(25)24(27(20)42)5-2-11-38)28(43)44-17-19-13-21(29(32,33)34)16-22(14-19)30(35,36)37/h6-9,13-14,16,20,24-25H,1-5,10-12,15,17,38H2/t20?,24-,25+/m0/s1. The number of ether oxygens (including phenoxy) is 1. The number of ketones is 1. The summed E-state index contributed by atoms with van der Waals surface area (Å²) in [4.78, 5) is 42.4. The van der Waals surface area contributed by atoms with Gasteiger partial charge in [0, 0.05) is 23.9 Å². The molecular weight excluding hydrogens is 616 g/mol. The van der Waals surface area contributed by atoms with Crippen molar-refractivity contribution in [2.24, 2.45) is 11.7 Å². The van der Waals surface area contributed by atoms with Crippen molar-refractivity contribution in [3.8, 4) is 0 Å². The van der Waals surface area contributed by atoms with Gasteiger partial charge in [0.2, 0.25) is 5.91 Å². The average Bonchev–Trinajstić information content (AvgIpc) is 2.96. The Morgan fingerprint density at radius 3 is 2.16 bits per heavy atom. The Bertz CT molecular complexity index is 1320. The Balaban J connectivity index is 1.52. The first-order valence-electron chi connectivity index (χ1n) is 14.2. The number of alkyl halides is 6. The quantitative estimate of drug-likeness (QED) is 0.310. The van der Waals surface area contributed by atoms with E-state index in [4.69, 9.17) is 22.1 Å². The van der Waals surface area contributed by atoms with E-state index in [0.29, 0.717) is 49.3 Å². The molecule has 3 atom stereocenters. The maximum Gasteiger partial charge on any atom is 0.416 e. The van der Waals surface area contributed by atoms with Crippen molar-refractivity contribution in [2.45, 2.75) is 76.1 Å². The lowest BCUT2D eigenvalue weighted by atomic mass is 9.81. The van der Waals surface area contributed by atoms with Gasteiger partial charge in [-0.2, -0.15) is 26.3 Å². The van der Waals surface area contributed by atoms with Crippen molar-refractivity contribution in [3.63, 3.8) is 0 Å². The van der Waals surface area contributed by atoms with Gasteiger partial charge in [0.15, 0.2) is 5.78 Å². The number of nitrogens with two attached hydrogens (primary N) is 1. The summed E-state index contributed by atoms with van der Waals surface area (Å²) >= 11 is 5.95. The molecule has 4 rings (SSSR count). The monoisotopic (exact) mass is 647 g/mol. The highest BCUT2D eigenvalue weighted by Gasteiger charge is 2.49. The highest BCUT2D eigenvalue weighted by molar-refractivity contribution is 6.30. The van der Waals surface area contributed by atoms with E-state index in [9.17, 15) is 40.7 Å². The number of hydrogen-bond acceptors (Lipinski definition) is 5. The van der Waals surface area contributed by atoms with Gasteiger partial charge in [-0.05, 0) is 86.5 Å². The summed E-state index contributed by atoms with van der Waals surface area (Å²) in [7, 11) is 0. The maximum atomic E-state index is 13.6. The van der Waals surface area contributed by atoms with Crippen LogP contribution >= 0.6 is 11.6 Å². The molecule has 0 aliphatic carbocycles. The third kappa shape index (κ3) is 8.03. The molecule has 14 heteroatoms. The number of nitrogens with zero attached hydrogens (tertiary/aromatic N) is 2. The van der Waals surface area contributed by atoms with Crippen LogP contribution in [0, 0.1) is 5.92 Å². The topological polar surface area (TPSA) is 92.9 Å². The first-order chi connectivity index (χ1) is 20.7. The second-order valence-electron chi connectivity index (χ2n) is 11.0. The fraction of sp³-hybridized carbons (Fsp3) is 0.500. The van der Waals surface area contributed by atoms with Crippen LogP contribution in [-0.2, 0) is 39.7 Å². The van der Waals surface area contributed by atoms with Gasteiger partial charge in [-0.1, -0.05) is 23.7 Å². The summed E-state index contributed by atoms with van der Waals surface area (Å²) in [6.45, 7) is -0.659. The molecule has 0 spiro atoms. The lowest BCUT2D eigenvalue weighted by molar-refractivity contribution is -0.162. The molecule has 240 valence electrons. The van der Waals surface area contributed by atoms with E-state index < -0.39 is 59.9 Å². The van der Waals surface area contributed by atoms with Gasteiger partial charge < -0.3 is 15.4 Å². The normalized spacial score (nSPS) is 21.0. The Morgan fingerprint density at radius 1 is 0.932 bits per heavy atom. The lowest BCUT2D eigenvalue weighted by Crippen LogP contribution is -2.66. The van der Waals surface area contributed by atoms with Crippen LogP contribution < -0.4 is 5.73 Å². The van der Waals surface area contributed by atoms with Crippen molar-refractivity contribution in [1.29, 1.82) is 0 Å². The van der Waals surface area contributed by atoms with Gasteiger partial charge in [0.05, 0.1) is 17.2 Å². The Kier molecular flexibility index (Phi) is 10.5. The molecule has 0 radical (unpaired) electrons. The van der Waals surface area contributed by atoms with Crippen molar-refractivity contribution < 1.29 is 45.5 Å². The minimum Gasteiger partial charge on any atom is -0.444 e. The summed E-state index contributed by atoms with van der Waals surface area (Å²) < 4.78 is 84.9. The third-order valence-electron chi connectivity index (χ3n) is 7.95. The molecule has 2 N–H and O–H groups in total. The lowest BCUT2D eigenvalue weighted by Gasteiger charge is -2.51. The van der Waals surface area contributed by atoms with E-state index in [-0.39, 0.29) is 43.7 Å². The van der Waals surface area contributed by atoms with E-state index in [1.165, 1.54) is 9.80 Å². The molecule has 2 heterocycles. The zero-order chi connectivity index (χ0) is 32.2. The Morgan fingerprint density at radius 2 is 1.57 bits per heavy atom. The van der Waals surface area contributed by atoms with E-state index in [1.807, 2.05) is 12.1 Å². The van der Waals surface area contributed by atoms with E-state index in [2.05, 4.69) is 0 Å². The molecule has 2 saturated heterocycles. The number of benzene rings is 2. The number of amides is 2. The number of halogens is 7. The number of Topliss-reactive ketones (excluding diaryl/α,β-unsaturated/α-hetero) is 1. The van der Waals surface area contributed by atoms with Crippen LogP contribution in [0.4, 0.5) is 31.1 Å². The zero-order valence-corrected chi connectivity index (χ0v) is 24.4. The van der Waals surface area contributed by atoms with Gasteiger partial charge >= 0.3 is 18.4 Å². The van der Waals surface area contributed by atoms with Crippen LogP contribution in [0.1, 0.15) is 60.8 Å². The largest absolute Gasteiger partial charge is 0.444 e. The van der Waals surface area contributed by atoms with Crippen LogP contribution in [0.15, 0.2) is 42.5 Å².